The van der Waals surface area contributed by atoms with Gasteiger partial charge in [-0.3, -0.25) is 4.57 Å². The Morgan fingerprint density at radius 2 is 1.86 bits per heavy atom. The van der Waals surface area contributed by atoms with E-state index in [0.29, 0.717) is 22.0 Å². The fraction of sp³-hybridized carbons (Fsp3) is 0.556. The minimum atomic E-state index is -1.38. The van der Waals surface area contributed by atoms with Gasteiger partial charge in [0, 0.05) is 19.7 Å². The molecule has 3 heterocycles. The topological polar surface area (TPSA) is 56.1 Å². The summed E-state index contributed by atoms with van der Waals surface area (Å²) in [6.45, 7) is 15.1. The molecule has 1 saturated heterocycles. The van der Waals surface area contributed by atoms with Crippen molar-refractivity contribution >= 4 is 41.2 Å². The molecular formula is C27H37BrN5OSi. The van der Waals surface area contributed by atoms with E-state index in [9.17, 15) is 0 Å². The molecule has 0 atom stereocenters. The van der Waals surface area contributed by atoms with Gasteiger partial charge in [-0.15, -0.1) is 0 Å². The molecule has 6 nitrogen and oxygen atoms in total. The molecule has 1 fully saturated rings. The predicted molar refractivity (Wildman–Crippen MR) is 148 cm³/mol. The summed E-state index contributed by atoms with van der Waals surface area (Å²) in [5, 5.41) is 0.363. The standard InChI is InChI=1S/C27H37BrN5OSi/c1-26(2,3)35(4,5)15-14-34-19-33-24-23(30-22(28)18-29-24)31-25(33)32-12-10-27(11-13-32)16-20-8-6-7-9-21(20)17-27/h6-9,16,18H,10-15,17,19H2,1-5H3. The zero-order chi connectivity index (χ0) is 24.8. The zero-order valence-electron chi connectivity index (χ0n) is 21.6. The Balaban J connectivity index is 1.31. The third kappa shape index (κ3) is 4.94. The quantitative estimate of drug-likeness (QED) is 0.258. The predicted octanol–water partition coefficient (Wildman–Crippen LogP) is 6.47. The van der Waals surface area contributed by atoms with Crippen molar-refractivity contribution in [1.82, 2.24) is 19.5 Å². The number of fused-ring (bicyclic) bond motifs is 2. The monoisotopic (exact) mass is 554 g/mol. The molecule has 2 aliphatic rings. The molecule has 35 heavy (non-hydrogen) atoms. The van der Waals surface area contributed by atoms with Gasteiger partial charge >= 0.3 is 0 Å². The van der Waals surface area contributed by atoms with E-state index in [1.165, 1.54) is 11.1 Å². The second-order valence-electron chi connectivity index (χ2n) is 12.0. The smallest absolute Gasteiger partial charge is 0.211 e. The highest BCUT2D eigenvalue weighted by Gasteiger charge is 2.41. The molecule has 1 radical (unpaired) electrons. The van der Waals surface area contributed by atoms with Crippen molar-refractivity contribution < 1.29 is 4.74 Å². The van der Waals surface area contributed by atoms with Crippen LogP contribution in [-0.4, -0.2) is 47.3 Å². The highest BCUT2D eigenvalue weighted by molar-refractivity contribution is 9.10. The van der Waals surface area contributed by atoms with Crippen molar-refractivity contribution in [3.63, 3.8) is 0 Å². The summed E-state index contributed by atoms with van der Waals surface area (Å²) in [6.07, 6.45) is 7.67. The summed E-state index contributed by atoms with van der Waals surface area (Å²) in [6, 6.07) is 9.98. The van der Waals surface area contributed by atoms with Crippen LogP contribution in [0.15, 0.2) is 35.1 Å². The number of hydrogen-bond donors (Lipinski definition) is 0. The second kappa shape index (κ2) is 9.27. The third-order valence-corrected chi connectivity index (χ3v) is 14.5. The van der Waals surface area contributed by atoms with E-state index in [2.05, 4.69) is 99.9 Å². The van der Waals surface area contributed by atoms with E-state index in [1.54, 1.807) is 6.20 Å². The van der Waals surface area contributed by atoms with Gasteiger partial charge in [0.1, 0.15) is 11.3 Å². The molecule has 8 heteroatoms. The second-order valence-corrected chi connectivity index (χ2v) is 18.6. The maximum absolute atomic E-state index is 6.26. The molecule has 2 aromatic heterocycles. The normalized spacial score (nSPS) is 17.9. The van der Waals surface area contributed by atoms with Gasteiger partial charge in [0.05, 0.1) is 14.3 Å². The minimum absolute atomic E-state index is 0.274. The van der Waals surface area contributed by atoms with Crippen LogP contribution in [0.25, 0.3) is 11.3 Å². The van der Waals surface area contributed by atoms with Crippen molar-refractivity contribution in [2.45, 2.75) is 70.9 Å². The lowest BCUT2D eigenvalue weighted by atomic mass is 9.76. The van der Waals surface area contributed by atoms with Crippen molar-refractivity contribution in [2.24, 2.45) is 5.41 Å². The first-order valence-corrected chi connectivity index (χ1v) is 16.7. The summed E-state index contributed by atoms with van der Waals surface area (Å²) in [5.74, 6) is 0.927. The summed E-state index contributed by atoms with van der Waals surface area (Å²) in [5.41, 5.74) is 4.64. The van der Waals surface area contributed by atoms with E-state index in [0.717, 1.165) is 56.6 Å². The van der Waals surface area contributed by atoms with E-state index in [4.69, 9.17) is 9.72 Å². The molecule has 0 unspecified atom stereocenters. The number of hydrogen-bond acceptors (Lipinski definition) is 5. The van der Waals surface area contributed by atoms with E-state index < -0.39 is 8.07 Å². The first-order chi connectivity index (χ1) is 16.6. The molecule has 1 aromatic carbocycles. The van der Waals surface area contributed by atoms with Gasteiger partial charge in [-0.25, -0.2) is 9.97 Å². The van der Waals surface area contributed by atoms with Gasteiger partial charge in [-0.1, -0.05) is 58.1 Å². The highest BCUT2D eigenvalue weighted by Crippen LogP contribution is 2.46. The molecule has 0 saturated carbocycles. The Hall–Kier alpha value is -1.77. The lowest BCUT2D eigenvalue weighted by Crippen LogP contribution is -2.41. The molecular weight excluding hydrogens is 518 g/mol. The molecule has 0 bridgehead atoms. The Bertz CT molecular complexity index is 1180. The highest BCUT2D eigenvalue weighted by atomic mass is 79.9. The van der Waals surface area contributed by atoms with Crippen molar-refractivity contribution in [3.8, 4) is 0 Å². The van der Waals surface area contributed by atoms with Gasteiger partial charge in [0.25, 0.3) is 0 Å². The van der Waals surface area contributed by atoms with Gasteiger partial charge in [-0.2, -0.15) is 4.98 Å². The van der Waals surface area contributed by atoms with Crippen molar-refractivity contribution in [1.29, 1.82) is 0 Å². The van der Waals surface area contributed by atoms with Gasteiger partial charge in [0.15, 0.2) is 5.65 Å². The van der Waals surface area contributed by atoms with Crippen LogP contribution in [0.3, 0.4) is 0 Å². The lowest BCUT2D eigenvalue weighted by molar-refractivity contribution is 0.0895. The SMILES string of the molecule is CC(C)(C)[Si](C)(C)CCOCn1c(N2CCC3([CH]c4ccccc4C3)CC2)nc2nc(Br)cnc21. The number of imidazole rings is 1. The number of nitrogens with zero attached hydrogens (tertiary/aromatic N) is 5. The first-order valence-electron chi connectivity index (χ1n) is 12.7. The zero-order valence-corrected chi connectivity index (χ0v) is 24.2. The van der Waals surface area contributed by atoms with Gasteiger partial charge in [-0.05, 0) is 69.2 Å². The fourth-order valence-electron chi connectivity index (χ4n) is 5.16. The molecule has 1 aliphatic heterocycles. The number of anilines is 1. The van der Waals surface area contributed by atoms with Crippen LogP contribution in [0.2, 0.25) is 24.2 Å². The Morgan fingerprint density at radius 1 is 1.11 bits per heavy atom. The number of piperidine rings is 1. The number of aromatic nitrogens is 4. The van der Waals surface area contributed by atoms with Crippen molar-refractivity contribution in [3.05, 3.63) is 52.6 Å². The van der Waals surface area contributed by atoms with Crippen molar-refractivity contribution in [2.75, 3.05) is 24.6 Å². The summed E-state index contributed by atoms with van der Waals surface area (Å²) in [4.78, 5) is 16.6. The van der Waals surface area contributed by atoms with Crippen LogP contribution in [-0.2, 0) is 17.9 Å². The minimum Gasteiger partial charge on any atom is -0.361 e. The van der Waals surface area contributed by atoms with E-state index in [-0.39, 0.29) is 5.41 Å². The van der Waals surface area contributed by atoms with Crippen LogP contribution >= 0.6 is 15.9 Å². The van der Waals surface area contributed by atoms with Crippen LogP contribution in [0.4, 0.5) is 5.95 Å². The number of benzene rings is 1. The largest absolute Gasteiger partial charge is 0.361 e. The molecule has 5 rings (SSSR count). The molecule has 0 N–H and O–H groups in total. The third-order valence-electron chi connectivity index (χ3n) is 8.63. The average Bonchev–Trinajstić information content (AvgIpc) is 3.34. The first kappa shape index (κ1) is 24.9. The van der Waals surface area contributed by atoms with Crippen LogP contribution in [0, 0.1) is 11.8 Å². The number of ether oxygens (including phenoxy) is 1. The van der Waals surface area contributed by atoms with Crippen LogP contribution < -0.4 is 4.90 Å². The Kier molecular flexibility index (Phi) is 6.59. The maximum Gasteiger partial charge on any atom is 0.211 e. The molecule has 1 spiro atoms. The maximum atomic E-state index is 6.26. The molecule has 1 aliphatic carbocycles. The molecule has 187 valence electrons. The lowest BCUT2D eigenvalue weighted by Gasteiger charge is -2.39. The average molecular weight is 556 g/mol. The Labute approximate surface area is 218 Å². The summed E-state index contributed by atoms with van der Waals surface area (Å²) < 4.78 is 9.08. The Morgan fingerprint density at radius 3 is 2.57 bits per heavy atom. The summed E-state index contributed by atoms with van der Waals surface area (Å²) >= 11 is 3.45. The van der Waals surface area contributed by atoms with E-state index >= 15 is 0 Å². The van der Waals surface area contributed by atoms with E-state index in [1.807, 2.05) is 0 Å². The molecule has 0 amide bonds. The number of rotatable bonds is 6. The number of halogens is 1. The fourth-order valence-corrected chi connectivity index (χ4v) is 6.83. The van der Waals surface area contributed by atoms with Gasteiger partial charge < -0.3 is 9.64 Å². The van der Waals surface area contributed by atoms with Crippen LogP contribution in [0.1, 0.15) is 44.7 Å². The van der Waals surface area contributed by atoms with Gasteiger partial charge in [0.2, 0.25) is 11.6 Å². The summed E-state index contributed by atoms with van der Waals surface area (Å²) in [7, 11) is -1.38. The van der Waals surface area contributed by atoms with Crippen LogP contribution in [0.5, 0.6) is 0 Å². The molecule has 3 aromatic rings.